The summed E-state index contributed by atoms with van der Waals surface area (Å²) in [5.41, 5.74) is 0.910. The zero-order valence-corrected chi connectivity index (χ0v) is 11.8. The molecule has 0 radical (unpaired) electrons. The van der Waals surface area contributed by atoms with Crippen LogP contribution < -0.4 is 0 Å². The number of hydrogen-bond acceptors (Lipinski definition) is 4. The fraction of sp³-hybridized carbons (Fsp3) is 0.438. The van der Waals surface area contributed by atoms with Gasteiger partial charge in [-0.15, -0.1) is 0 Å². The standard InChI is InChI=1S/C16H17NO4/c1-2-21-16(20)12-8-11-13(12)15(19)17(14(11)18)9-10-6-4-3-5-7-10/h3-7,11-13H,2,8-9H2,1H3. The van der Waals surface area contributed by atoms with E-state index < -0.39 is 11.8 Å². The molecule has 0 aromatic heterocycles. The van der Waals surface area contributed by atoms with Crippen LogP contribution in [0.1, 0.15) is 18.9 Å². The fourth-order valence-corrected chi connectivity index (χ4v) is 3.15. The predicted molar refractivity (Wildman–Crippen MR) is 73.7 cm³/mol. The van der Waals surface area contributed by atoms with Crippen LogP contribution in [0.5, 0.6) is 0 Å². The van der Waals surface area contributed by atoms with Gasteiger partial charge in [0.25, 0.3) is 0 Å². The summed E-state index contributed by atoms with van der Waals surface area (Å²) in [4.78, 5) is 37.7. The van der Waals surface area contributed by atoms with Gasteiger partial charge in [-0.2, -0.15) is 0 Å². The van der Waals surface area contributed by atoms with Gasteiger partial charge in [-0.1, -0.05) is 30.3 Å². The number of benzene rings is 1. The Bertz CT molecular complexity index is 583. The fourth-order valence-electron chi connectivity index (χ4n) is 3.15. The summed E-state index contributed by atoms with van der Waals surface area (Å²) in [5, 5.41) is 0. The minimum Gasteiger partial charge on any atom is -0.466 e. The molecule has 2 aliphatic rings. The molecule has 0 bridgehead atoms. The Balaban J connectivity index is 1.73. The van der Waals surface area contributed by atoms with E-state index in [0.717, 1.165) is 5.56 Å². The number of esters is 1. The highest BCUT2D eigenvalue weighted by Crippen LogP contribution is 2.48. The second-order valence-electron chi connectivity index (χ2n) is 5.47. The van der Waals surface area contributed by atoms with Crippen LogP contribution in [-0.2, 0) is 25.7 Å². The Morgan fingerprint density at radius 2 is 1.95 bits per heavy atom. The Labute approximate surface area is 122 Å². The lowest BCUT2D eigenvalue weighted by Gasteiger charge is -2.34. The normalized spacial score (nSPS) is 27.3. The van der Waals surface area contributed by atoms with Gasteiger partial charge < -0.3 is 4.74 Å². The van der Waals surface area contributed by atoms with Crippen molar-refractivity contribution < 1.29 is 19.1 Å². The van der Waals surface area contributed by atoms with Gasteiger partial charge in [0, 0.05) is 0 Å². The molecule has 2 amide bonds. The summed E-state index contributed by atoms with van der Waals surface area (Å²) < 4.78 is 4.97. The summed E-state index contributed by atoms with van der Waals surface area (Å²) in [6.07, 6.45) is 0.430. The van der Waals surface area contributed by atoms with Crippen molar-refractivity contribution in [1.29, 1.82) is 0 Å². The van der Waals surface area contributed by atoms with Gasteiger partial charge in [-0.05, 0) is 18.9 Å². The molecule has 0 spiro atoms. The van der Waals surface area contributed by atoms with Crippen molar-refractivity contribution in [3.63, 3.8) is 0 Å². The van der Waals surface area contributed by atoms with E-state index in [1.54, 1.807) is 6.92 Å². The van der Waals surface area contributed by atoms with Crippen LogP contribution in [0.15, 0.2) is 30.3 Å². The maximum Gasteiger partial charge on any atom is 0.309 e. The van der Waals surface area contributed by atoms with E-state index in [4.69, 9.17) is 4.74 Å². The average Bonchev–Trinajstić information content (AvgIpc) is 2.60. The lowest BCUT2D eigenvalue weighted by atomic mass is 9.66. The molecule has 3 rings (SSSR count). The lowest BCUT2D eigenvalue weighted by Crippen LogP contribution is -2.44. The summed E-state index contributed by atoms with van der Waals surface area (Å²) in [5.74, 6) is -2.06. The first-order chi connectivity index (χ1) is 10.1. The van der Waals surface area contributed by atoms with E-state index in [1.807, 2.05) is 30.3 Å². The minimum absolute atomic E-state index is 0.158. The molecule has 2 fully saturated rings. The highest BCUT2D eigenvalue weighted by atomic mass is 16.5. The third-order valence-corrected chi connectivity index (χ3v) is 4.28. The van der Waals surface area contributed by atoms with Crippen LogP contribution in [0.3, 0.4) is 0 Å². The molecule has 1 heterocycles. The van der Waals surface area contributed by atoms with E-state index in [-0.39, 0.29) is 30.2 Å². The van der Waals surface area contributed by atoms with Gasteiger partial charge in [0.05, 0.1) is 30.9 Å². The molecule has 21 heavy (non-hydrogen) atoms. The van der Waals surface area contributed by atoms with Crippen LogP contribution in [0.2, 0.25) is 0 Å². The molecule has 1 saturated heterocycles. The summed E-state index contributed by atoms with van der Waals surface area (Å²) in [7, 11) is 0. The van der Waals surface area contributed by atoms with Crippen molar-refractivity contribution in [2.24, 2.45) is 17.8 Å². The molecule has 5 heteroatoms. The molecule has 0 N–H and O–H groups in total. The maximum atomic E-state index is 12.4. The minimum atomic E-state index is -0.514. The van der Waals surface area contributed by atoms with Crippen molar-refractivity contribution in [3.05, 3.63) is 35.9 Å². The zero-order chi connectivity index (χ0) is 15.0. The topological polar surface area (TPSA) is 63.7 Å². The highest BCUT2D eigenvalue weighted by Gasteiger charge is 2.61. The molecule has 1 saturated carbocycles. The lowest BCUT2D eigenvalue weighted by molar-refractivity contribution is -0.160. The smallest absolute Gasteiger partial charge is 0.309 e. The quantitative estimate of drug-likeness (QED) is 0.620. The summed E-state index contributed by atoms with van der Waals surface area (Å²) in [6.45, 7) is 2.31. The van der Waals surface area contributed by atoms with Gasteiger partial charge in [0.1, 0.15) is 0 Å². The Hall–Kier alpha value is -2.17. The van der Waals surface area contributed by atoms with Crippen LogP contribution in [0.25, 0.3) is 0 Å². The second kappa shape index (κ2) is 5.31. The van der Waals surface area contributed by atoms with E-state index in [9.17, 15) is 14.4 Å². The largest absolute Gasteiger partial charge is 0.466 e. The van der Waals surface area contributed by atoms with E-state index in [0.29, 0.717) is 13.0 Å². The Kier molecular flexibility index (Phi) is 3.49. The maximum absolute atomic E-state index is 12.4. The van der Waals surface area contributed by atoms with Crippen molar-refractivity contribution >= 4 is 17.8 Å². The van der Waals surface area contributed by atoms with Gasteiger partial charge in [0.15, 0.2) is 0 Å². The van der Waals surface area contributed by atoms with E-state index in [2.05, 4.69) is 0 Å². The van der Waals surface area contributed by atoms with Crippen molar-refractivity contribution in [1.82, 2.24) is 4.90 Å². The van der Waals surface area contributed by atoms with Gasteiger partial charge in [-0.3, -0.25) is 19.3 Å². The number of carbonyl (C=O) groups is 3. The molecule has 1 aromatic carbocycles. The summed E-state index contributed by atoms with van der Waals surface area (Å²) in [6, 6.07) is 9.39. The van der Waals surface area contributed by atoms with Gasteiger partial charge in [-0.25, -0.2) is 0 Å². The number of ether oxygens (including phenoxy) is 1. The molecule has 110 valence electrons. The molecule has 1 aliphatic carbocycles. The monoisotopic (exact) mass is 287 g/mol. The second-order valence-corrected chi connectivity index (χ2v) is 5.47. The third-order valence-electron chi connectivity index (χ3n) is 4.28. The number of likely N-dealkylation sites (tertiary alicyclic amines) is 1. The van der Waals surface area contributed by atoms with Gasteiger partial charge >= 0.3 is 5.97 Å². The van der Waals surface area contributed by atoms with Crippen LogP contribution in [0.4, 0.5) is 0 Å². The summed E-state index contributed by atoms with van der Waals surface area (Å²) >= 11 is 0. The highest BCUT2D eigenvalue weighted by molar-refractivity contribution is 6.08. The van der Waals surface area contributed by atoms with Gasteiger partial charge in [0.2, 0.25) is 11.8 Å². The molecule has 3 atom stereocenters. The number of fused-ring (bicyclic) bond motifs is 1. The van der Waals surface area contributed by atoms with Crippen LogP contribution in [0, 0.1) is 17.8 Å². The number of rotatable bonds is 4. The first kappa shape index (κ1) is 13.8. The first-order valence-electron chi connectivity index (χ1n) is 7.19. The molecule has 3 unspecified atom stereocenters. The van der Waals surface area contributed by atoms with E-state index in [1.165, 1.54) is 4.90 Å². The number of carbonyl (C=O) groups excluding carboxylic acids is 3. The van der Waals surface area contributed by atoms with E-state index >= 15 is 0 Å². The molecular weight excluding hydrogens is 270 g/mol. The zero-order valence-electron chi connectivity index (χ0n) is 11.8. The van der Waals surface area contributed by atoms with Crippen molar-refractivity contribution in [3.8, 4) is 0 Å². The Morgan fingerprint density at radius 1 is 1.24 bits per heavy atom. The molecule has 1 aromatic rings. The first-order valence-corrected chi connectivity index (χ1v) is 7.19. The third kappa shape index (κ3) is 2.22. The van der Waals surface area contributed by atoms with Crippen molar-refractivity contribution in [2.75, 3.05) is 6.61 Å². The number of hydrogen-bond donors (Lipinski definition) is 0. The Morgan fingerprint density at radius 3 is 2.62 bits per heavy atom. The molecule has 1 aliphatic heterocycles. The predicted octanol–water partition coefficient (Wildman–Crippen LogP) is 1.37. The molecule has 5 nitrogen and oxygen atoms in total. The average molecular weight is 287 g/mol. The van der Waals surface area contributed by atoms with Crippen molar-refractivity contribution in [2.45, 2.75) is 19.9 Å². The number of imide groups is 1. The number of nitrogens with zero attached hydrogens (tertiary/aromatic N) is 1. The SMILES string of the molecule is CCOC(=O)C1CC2C(=O)N(Cc3ccccc3)C(=O)C12. The number of amides is 2. The molecular formula is C16H17NO4. The van der Waals surface area contributed by atoms with Crippen LogP contribution in [-0.4, -0.2) is 29.3 Å². The van der Waals surface area contributed by atoms with Crippen LogP contribution >= 0.6 is 0 Å².